The molecule has 32 heteroatoms. The van der Waals surface area contributed by atoms with Gasteiger partial charge in [-0.05, 0) is 64.9 Å². The van der Waals surface area contributed by atoms with Crippen molar-refractivity contribution in [1.82, 2.24) is 73.8 Å². The summed E-state index contributed by atoms with van der Waals surface area (Å²) in [7, 11) is 1.68. The van der Waals surface area contributed by atoms with E-state index in [4.69, 9.17) is 53.9 Å². The summed E-state index contributed by atoms with van der Waals surface area (Å²) in [6.07, 6.45) is 1.81. The van der Waals surface area contributed by atoms with E-state index < -0.39 is 0 Å². The van der Waals surface area contributed by atoms with Crippen LogP contribution in [0.4, 0.5) is 0 Å². The fourth-order valence-corrected chi connectivity index (χ4v) is 17.2. The van der Waals surface area contributed by atoms with Crippen molar-refractivity contribution in [3.8, 4) is 111 Å². The lowest BCUT2D eigenvalue weighted by molar-refractivity contribution is -0.121. The Labute approximate surface area is 744 Å². The van der Waals surface area contributed by atoms with Gasteiger partial charge in [-0.15, -0.1) is 0 Å². The number of ether oxygens (including phenoxy) is 6. The van der Waals surface area contributed by atoms with Gasteiger partial charge >= 0.3 is 0 Å². The first kappa shape index (κ1) is 85.3. The number of aromatic nitrogens is 15. The molecule has 20 rings (SSSR count). The molecule has 0 bridgehead atoms. The topological polar surface area (TPSA) is 315 Å². The number of thiazole rings is 5. The summed E-state index contributed by atoms with van der Waals surface area (Å²) in [5.74, 6) is 1.35. The monoisotopic (exact) mass is 1780 g/mol. The van der Waals surface area contributed by atoms with Crippen LogP contribution in [0.25, 0.3) is 143 Å². The number of benzene rings is 10. The van der Waals surface area contributed by atoms with Crippen LogP contribution in [-0.4, -0.2) is 118 Å². The quantitative estimate of drug-likeness (QED) is 0.0549. The highest BCUT2D eigenvalue weighted by Crippen LogP contribution is 2.39. The van der Waals surface area contributed by atoms with E-state index in [1.54, 1.807) is 57.4 Å². The Kier molecular flexibility index (Phi) is 26.2. The summed E-state index contributed by atoms with van der Waals surface area (Å²) in [5, 5.41) is 49.8. The van der Waals surface area contributed by atoms with Gasteiger partial charge in [0.05, 0.1) is 67.7 Å². The van der Waals surface area contributed by atoms with E-state index >= 15 is 0 Å². The van der Waals surface area contributed by atoms with E-state index in [2.05, 4.69) is 114 Å². The predicted octanol–water partition coefficient (Wildman–Crippen LogP) is 20.3. The van der Waals surface area contributed by atoms with Crippen molar-refractivity contribution in [3.05, 3.63) is 304 Å². The summed E-state index contributed by atoms with van der Waals surface area (Å²) in [5.41, 5.74) is 19.8. The Hall–Kier alpha value is -15.3. The number of aryl methyl sites for hydroxylation is 1. The summed E-state index contributed by atoms with van der Waals surface area (Å²) in [6, 6.07) is 80.5. The van der Waals surface area contributed by atoms with Crippen LogP contribution in [0.1, 0.15) is 48.6 Å². The Morgan fingerprint density at radius 3 is 0.827 bits per heavy atom. The van der Waals surface area contributed by atoms with Crippen LogP contribution in [0.3, 0.4) is 0 Å². The van der Waals surface area contributed by atoms with Crippen molar-refractivity contribution in [3.63, 3.8) is 0 Å². The van der Waals surface area contributed by atoms with Crippen LogP contribution in [0, 0.1) is 6.92 Å². The van der Waals surface area contributed by atoms with Crippen LogP contribution in [0.2, 0.25) is 0 Å². The van der Waals surface area contributed by atoms with Crippen molar-refractivity contribution < 1.29 is 57.5 Å². The third-order valence-electron chi connectivity index (χ3n) is 19.8. The van der Waals surface area contributed by atoms with E-state index in [-0.39, 0.29) is 41.4 Å². The highest BCUT2D eigenvalue weighted by molar-refractivity contribution is 7.13. The molecule has 10 aromatic carbocycles. The first-order valence-corrected chi connectivity index (χ1v) is 43.4. The third-order valence-corrected chi connectivity index (χ3v) is 23.7. The molecule has 0 aliphatic carbocycles. The smallest absolute Gasteiger partial charge is 0.299 e. The molecular formula is C95H73N15O12S5. The van der Waals surface area contributed by atoms with Crippen LogP contribution < -0.4 is 23.7 Å². The maximum absolute atomic E-state index is 10.5. The van der Waals surface area contributed by atoms with E-state index in [1.165, 1.54) is 67.8 Å². The zero-order chi connectivity index (χ0) is 87.9. The Morgan fingerprint density at radius 1 is 0.339 bits per heavy atom. The molecule has 10 heterocycles. The van der Waals surface area contributed by atoms with Crippen molar-refractivity contribution in [2.75, 3.05) is 7.11 Å². The van der Waals surface area contributed by atoms with E-state index in [0.29, 0.717) is 64.6 Å². The molecule has 20 aromatic rings. The van der Waals surface area contributed by atoms with Crippen molar-refractivity contribution in [1.29, 1.82) is 0 Å². The number of aliphatic hydroxyl groups is 1. The molecule has 0 unspecified atom stereocenters. The molecule has 0 radical (unpaired) electrons. The van der Waals surface area contributed by atoms with E-state index in [1.807, 2.05) is 194 Å². The normalized spacial score (nSPS) is 11.0. The standard InChI is InChI=1S/C21H19N3O2S.C19H15N3O3S.C19H13N3O2S.C18H13N3O3S.C18H13N3O2S/c1-21(2,3)15-10-8-14(9-11-15)19-16-6-4-5-7-17(16)24(23-19)20-22-18(12-27-20)26-13-25;1-24-10-13-6-8-14(9-7-13)18-15-4-2-3-5-16(15)22(21-18)19-20-17(11-26-19)25-12-23;1-2-13-7-9-14(10-8-13)18-15-5-3-4-6-16(15)22(21-18)19-20-17(11-25-19)24-12-23;22-9-12-5-7-13(8-6-12)17-14-3-1-2-4-15(14)21(20-17)18-19-16(10-25-18)24-11-23;1-12-6-8-13(9-7-12)17-14-4-2-3-5-15(14)21(20-17)18-19-16(10-24-18)23-11-22/h4-13H,1-3H3;2-9,11-12H,10H2,1H3;2-12H,1H2;1-8,10-11,22H,9H2;2-11H,1H3. The zero-order valence-electron chi connectivity index (χ0n) is 68.3. The lowest BCUT2D eigenvalue weighted by Crippen LogP contribution is -2.10. The van der Waals surface area contributed by atoms with Crippen molar-refractivity contribution in [2.45, 2.75) is 46.3 Å². The number of hydrogen-bond donors (Lipinski definition) is 1. The summed E-state index contributed by atoms with van der Waals surface area (Å²) in [4.78, 5) is 74.0. The number of fused-ring (bicyclic) bond motifs is 5. The molecule has 127 heavy (non-hydrogen) atoms. The van der Waals surface area contributed by atoms with E-state index in [0.717, 1.165) is 127 Å². The average Bonchev–Trinajstić information content (AvgIpc) is 1.64. The number of carbonyl (C=O) groups is 5. The van der Waals surface area contributed by atoms with Gasteiger partial charge in [-0.1, -0.05) is 308 Å². The molecule has 630 valence electrons. The molecule has 1 N–H and O–H groups in total. The van der Waals surface area contributed by atoms with Crippen LogP contribution in [-0.2, 0) is 47.3 Å². The predicted molar refractivity (Wildman–Crippen MR) is 495 cm³/mol. The first-order valence-electron chi connectivity index (χ1n) is 39.0. The molecule has 0 aliphatic rings. The van der Waals surface area contributed by atoms with Gasteiger partial charge in [0.15, 0.2) is 0 Å². The average molecular weight is 1780 g/mol. The number of methoxy groups -OCH3 is 1. The van der Waals surface area contributed by atoms with Gasteiger partial charge < -0.3 is 33.5 Å². The SMILES string of the molecule is C=Cc1ccc(-c2nn(-c3nc(OC=O)cs3)c3ccccc23)cc1.CC(C)(C)c1ccc(-c2nn(-c3nc(OC=O)cs3)c3ccccc23)cc1.COCc1ccc(-c2nn(-c3nc(OC=O)cs3)c3ccccc23)cc1.Cc1ccc(-c2nn(-c3nc(OC=O)cs3)c3ccccc23)cc1.O=COc1csc(-n2nc(-c3ccc(CO)cc3)c3ccccc32)n1. The number of para-hydroxylation sites is 5. The van der Waals surface area contributed by atoms with Crippen LogP contribution in [0.15, 0.2) is 276 Å². The lowest BCUT2D eigenvalue weighted by Gasteiger charge is -2.18. The summed E-state index contributed by atoms with van der Waals surface area (Å²) < 4.78 is 38.1. The molecule has 10 aromatic heterocycles. The van der Waals surface area contributed by atoms with Gasteiger partial charge in [-0.25, -0.2) is 23.4 Å². The molecule has 27 nitrogen and oxygen atoms in total. The number of carbonyl (C=O) groups excluding carboxylic acids is 5. The maximum atomic E-state index is 10.5. The highest BCUT2D eigenvalue weighted by atomic mass is 32.1. The second-order valence-corrected chi connectivity index (χ2v) is 33.0. The van der Waals surface area contributed by atoms with Crippen LogP contribution >= 0.6 is 56.7 Å². The minimum absolute atomic E-state index is 0.00803. The Balaban J connectivity index is 0.000000117. The number of aliphatic hydroxyl groups excluding tert-OH is 1. The molecule has 0 saturated heterocycles. The molecule has 0 amide bonds. The van der Waals surface area contributed by atoms with Gasteiger partial charge in [0.2, 0.25) is 55.1 Å². The summed E-state index contributed by atoms with van der Waals surface area (Å²) >= 11 is 6.82. The molecule has 0 spiro atoms. The molecule has 0 saturated carbocycles. The first-order chi connectivity index (χ1) is 62.1. The zero-order valence-corrected chi connectivity index (χ0v) is 72.3. The van der Waals surface area contributed by atoms with E-state index in [9.17, 15) is 29.1 Å². The largest absolute Gasteiger partial charge is 0.409 e. The van der Waals surface area contributed by atoms with Gasteiger partial charge in [0.25, 0.3) is 32.4 Å². The number of nitrogens with zero attached hydrogens (tertiary/aromatic N) is 15. The fourth-order valence-electron chi connectivity index (χ4n) is 13.7. The summed E-state index contributed by atoms with van der Waals surface area (Å²) in [6.45, 7) is 14.9. The fraction of sp³-hybridized carbons (Fsp3) is 0.0842. The van der Waals surface area contributed by atoms with Gasteiger partial charge in [-0.2, -0.15) is 50.4 Å². The number of rotatable bonds is 24. The van der Waals surface area contributed by atoms with Crippen LogP contribution in [0.5, 0.6) is 29.4 Å². The van der Waals surface area contributed by atoms with Gasteiger partial charge in [0, 0.05) is 61.9 Å². The Morgan fingerprint density at radius 2 is 0.583 bits per heavy atom. The lowest BCUT2D eigenvalue weighted by atomic mass is 9.86. The van der Waals surface area contributed by atoms with Crippen molar-refractivity contribution in [2.24, 2.45) is 0 Å². The second kappa shape index (κ2) is 39.1. The molecule has 0 atom stereocenters. The van der Waals surface area contributed by atoms with Gasteiger partial charge in [0.1, 0.15) is 28.5 Å². The molecule has 0 fully saturated rings. The Bertz CT molecular complexity index is 7280. The highest BCUT2D eigenvalue weighted by Gasteiger charge is 2.24. The second-order valence-electron chi connectivity index (χ2n) is 28.8. The third kappa shape index (κ3) is 19.0. The maximum Gasteiger partial charge on any atom is 0.299 e. The number of hydrogen-bond acceptors (Lipinski definition) is 27. The molecule has 0 aliphatic heterocycles. The van der Waals surface area contributed by atoms with Gasteiger partial charge in [-0.3, -0.25) is 24.0 Å². The minimum atomic E-state index is 0.00803. The van der Waals surface area contributed by atoms with Crippen molar-refractivity contribution >= 4 is 150 Å². The molecular weight excluding hydrogens is 1700 g/mol. The minimum Gasteiger partial charge on any atom is -0.409 e.